The first-order valence-corrected chi connectivity index (χ1v) is 5.11. The lowest BCUT2D eigenvalue weighted by Gasteiger charge is -2.17. The van der Waals surface area contributed by atoms with Gasteiger partial charge in [0.2, 0.25) is 0 Å². The van der Waals surface area contributed by atoms with Gasteiger partial charge in [-0.25, -0.2) is 0 Å². The third-order valence-corrected chi connectivity index (χ3v) is 2.53. The van der Waals surface area contributed by atoms with E-state index in [2.05, 4.69) is 12.6 Å². The Morgan fingerprint density at radius 3 is 2.62 bits per heavy atom. The zero-order valence-corrected chi connectivity index (χ0v) is 9.17. The molecular weight excluding hydrogens is 232 g/mol. The summed E-state index contributed by atoms with van der Waals surface area (Å²) in [6, 6.07) is 3.70. The number of hydrogen-bond acceptors (Lipinski definition) is 6. The van der Waals surface area contributed by atoms with Gasteiger partial charge in [0.1, 0.15) is 6.10 Å². The number of non-ortho nitro benzene ring substituents is 1. The molecule has 88 valence electrons. The Labute approximate surface area is 97.3 Å². The van der Waals surface area contributed by atoms with E-state index in [9.17, 15) is 20.3 Å². The Morgan fingerprint density at radius 2 is 2.12 bits per heavy atom. The second-order valence-corrected chi connectivity index (χ2v) is 3.63. The van der Waals surface area contributed by atoms with Crippen LogP contribution >= 0.6 is 12.6 Å². The molecule has 0 fully saturated rings. The fraction of sp³-hybridized carbons (Fsp3) is 0.333. The van der Waals surface area contributed by atoms with Gasteiger partial charge in [-0.1, -0.05) is 0 Å². The molecule has 0 aromatic heterocycles. The van der Waals surface area contributed by atoms with Crippen LogP contribution in [0.4, 0.5) is 11.4 Å². The Bertz CT molecular complexity index is 399. The second kappa shape index (κ2) is 5.15. The van der Waals surface area contributed by atoms with Crippen LogP contribution < -0.4 is 5.73 Å². The molecule has 7 heteroatoms. The standard InChI is InChI=1S/C9H12N2O4S/c10-7-2-1-5(11(14)15)3-6(7)9(13)8(12)4-16/h1-3,8-9,12-13,16H,4,10H2. The van der Waals surface area contributed by atoms with Crippen LogP contribution in [0.25, 0.3) is 0 Å². The van der Waals surface area contributed by atoms with Crippen LogP contribution in [0.2, 0.25) is 0 Å². The molecule has 0 radical (unpaired) electrons. The zero-order valence-electron chi connectivity index (χ0n) is 8.28. The SMILES string of the molecule is Nc1ccc([N+](=O)[O-])cc1C(O)C(O)CS. The van der Waals surface area contributed by atoms with Crippen LogP contribution in [0.1, 0.15) is 11.7 Å². The minimum atomic E-state index is -1.28. The molecule has 0 aliphatic heterocycles. The number of nitro benzene ring substituents is 1. The van der Waals surface area contributed by atoms with E-state index in [0.717, 1.165) is 6.07 Å². The molecule has 1 aromatic rings. The van der Waals surface area contributed by atoms with E-state index in [0.29, 0.717) is 0 Å². The van der Waals surface area contributed by atoms with Crippen LogP contribution in [-0.4, -0.2) is 27.0 Å². The van der Waals surface area contributed by atoms with Crippen molar-refractivity contribution in [3.05, 3.63) is 33.9 Å². The lowest BCUT2D eigenvalue weighted by atomic mass is 10.0. The fourth-order valence-electron chi connectivity index (χ4n) is 1.24. The van der Waals surface area contributed by atoms with E-state index >= 15 is 0 Å². The minimum Gasteiger partial charge on any atom is -0.398 e. The van der Waals surface area contributed by atoms with Crippen molar-refractivity contribution in [2.75, 3.05) is 11.5 Å². The normalized spacial score (nSPS) is 14.4. The highest BCUT2D eigenvalue weighted by molar-refractivity contribution is 7.80. The molecule has 1 aromatic carbocycles. The molecule has 6 nitrogen and oxygen atoms in total. The molecular formula is C9H12N2O4S. The average Bonchev–Trinajstić information content (AvgIpc) is 2.27. The maximum absolute atomic E-state index is 10.5. The van der Waals surface area contributed by atoms with Gasteiger partial charge in [-0.2, -0.15) is 12.6 Å². The second-order valence-electron chi connectivity index (χ2n) is 3.27. The first-order chi connectivity index (χ1) is 7.47. The minimum absolute atomic E-state index is 0.0311. The summed E-state index contributed by atoms with van der Waals surface area (Å²) in [5, 5.41) is 29.6. The van der Waals surface area contributed by atoms with Crippen molar-refractivity contribution in [2.45, 2.75) is 12.2 Å². The predicted molar refractivity (Wildman–Crippen MR) is 62.3 cm³/mol. The summed E-state index contributed by atoms with van der Waals surface area (Å²) in [6.45, 7) is 0. The molecule has 4 N–H and O–H groups in total. The van der Waals surface area contributed by atoms with E-state index in [-0.39, 0.29) is 22.7 Å². The number of thiol groups is 1. The monoisotopic (exact) mass is 244 g/mol. The lowest BCUT2D eigenvalue weighted by molar-refractivity contribution is -0.385. The zero-order chi connectivity index (χ0) is 12.3. The lowest BCUT2D eigenvalue weighted by Crippen LogP contribution is -2.20. The van der Waals surface area contributed by atoms with Crippen LogP contribution in [-0.2, 0) is 0 Å². The fourth-order valence-corrected chi connectivity index (χ4v) is 1.44. The highest BCUT2D eigenvalue weighted by Gasteiger charge is 2.21. The number of nitrogens with two attached hydrogens (primary N) is 1. The quantitative estimate of drug-likeness (QED) is 0.267. The molecule has 0 saturated heterocycles. The number of aliphatic hydroxyl groups excluding tert-OH is 2. The van der Waals surface area contributed by atoms with Gasteiger partial charge < -0.3 is 15.9 Å². The van der Waals surface area contributed by atoms with E-state index in [1.807, 2.05) is 0 Å². The van der Waals surface area contributed by atoms with Crippen molar-refractivity contribution in [3.63, 3.8) is 0 Å². The van der Waals surface area contributed by atoms with Gasteiger partial charge in [-0.3, -0.25) is 10.1 Å². The first kappa shape index (κ1) is 12.8. The number of rotatable bonds is 4. The summed E-state index contributed by atoms with van der Waals surface area (Å²) < 4.78 is 0. The number of anilines is 1. The van der Waals surface area contributed by atoms with Gasteiger partial charge in [0.25, 0.3) is 5.69 Å². The van der Waals surface area contributed by atoms with Gasteiger partial charge in [-0.05, 0) is 6.07 Å². The van der Waals surface area contributed by atoms with Gasteiger partial charge in [0.05, 0.1) is 11.0 Å². The molecule has 16 heavy (non-hydrogen) atoms. The highest BCUT2D eigenvalue weighted by atomic mass is 32.1. The van der Waals surface area contributed by atoms with E-state index < -0.39 is 17.1 Å². The molecule has 0 heterocycles. The summed E-state index contributed by atoms with van der Waals surface area (Å²) in [7, 11) is 0. The largest absolute Gasteiger partial charge is 0.398 e. The highest BCUT2D eigenvalue weighted by Crippen LogP contribution is 2.27. The van der Waals surface area contributed by atoms with Crippen LogP contribution in [0, 0.1) is 10.1 Å². The number of nitrogen functional groups attached to an aromatic ring is 1. The van der Waals surface area contributed by atoms with Crippen molar-refractivity contribution in [1.82, 2.24) is 0 Å². The van der Waals surface area contributed by atoms with Crippen LogP contribution in [0.3, 0.4) is 0 Å². The smallest absolute Gasteiger partial charge is 0.269 e. The Morgan fingerprint density at radius 1 is 1.50 bits per heavy atom. The molecule has 0 saturated carbocycles. The van der Waals surface area contributed by atoms with Gasteiger partial charge >= 0.3 is 0 Å². The topological polar surface area (TPSA) is 110 Å². The molecule has 0 aliphatic carbocycles. The van der Waals surface area contributed by atoms with Crippen LogP contribution in [0.15, 0.2) is 18.2 Å². The number of aliphatic hydroxyl groups is 2. The number of nitro groups is 1. The first-order valence-electron chi connectivity index (χ1n) is 4.48. The third-order valence-electron chi connectivity index (χ3n) is 2.15. The molecule has 1 rings (SSSR count). The van der Waals surface area contributed by atoms with Gasteiger partial charge in [0, 0.05) is 29.1 Å². The maximum atomic E-state index is 10.5. The number of hydrogen-bond donors (Lipinski definition) is 4. The Kier molecular flexibility index (Phi) is 4.11. The summed E-state index contributed by atoms with van der Waals surface area (Å²) in [5.74, 6) is 0.0311. The van der Waals surface area contributed by atoms with E-state index in [4.69, 9.17) is 5.73 Å². The molecule has 2 unspecified atom stereocenters. The van der Waals surface area contributed by atoms with Crippen molar-refractivity contribution in [2.24, 2.45) is 0 Å². The number of nitrogens with zero attached hydrogens (tertiary/aromatic N) is 1. The van der Waals surface area contributed by atoms with Gasteiger partial charge in [0.15, 0.2) is 0 Å². The van der Waals surface area contributed by atoms with Crippen molar-refractivity contribution in [1.29, 1.82) is 0 Å². The summed E-state index contributed by atoms with van der Waals surface area (Å²) >= 11 is 3.82. The summed E-state index contributed by atoms with van der Waals surface area (Å²) in [6.07, 6.45) is -2.40. The van der Waals surface area contributed by atoms with Crippen molar-refractivity contribution < 1.29 is 15.1 Å². The Hall–Kier alpha value is -1.31. The van der Waals surface area contributed by atoms with Crippen LogP contribution in [0.5, 0.6) is 0 Å². The molecule has 0 amide bonds. The van der Waals surface area contributed by atoms with E-state index in [1.54, 1.807) is 0 Å². The molecule has 0 aliphatic rings. The number of benzene rings is 1. The Balaban J connectivity index is 3.11. The predicted octanol–water partition coefficient (Wildman–Crippen LogP) is 0.501. The maximum Gasteiger partial charge on any atom is 0.269 e. The average molecular weight is 244 g/mol. The van der Waals surface area contributed by atoms with Crippen molar-refractivity contribution in [3.8, 4) is 0 Å². The third kappa shape index (κ3) is 2.63. The molecule has 0 spiro atoms. The van der Waals surface area contributed by atoms with Crippen molar-refractivity contribution >= 4 is 24.0 Å². The molecule has 0 bridgehead atoms. The summed E-state index contributed by atoms with van der Waals surface area (Å²) in [4.78, 5) is 9.94. The summed E-state index contributed by atoms with van der Waals surface area (Å²) in [5.41, 5.74) is 5.71. The van der Waals surface area contributed by atoms with E-state index in [1.165, 1.54) is 12.1 Å². The van der Waals surface area contributed by atoms with Gasteiger partial charge in [-0.15, -0.1) is 0 Å². The molecule has 2 atom stereocenters.